The van der Waals surface area contributed by atoms with Crippen LogP contribution in [0, 0.1) is 0 Å². The van der Waals surface area contributed by atoms with E-state index >= 15 is 0 Å². The number of aromatic hydroxyl groups is 1. The van der Waals surface area contributed by atoms with Crippen LogP contribution in [0.15, 0.2) is 84.9 Å². The molecule has 0 saturated heterocycles. The van der Waals surface area contributed by atoms with Gasteiger partial charge in [0.1, 0.15) is 5.75 Å². The van der Waals surface area contributed by atoms with Crippen molar-refractivity contribution >= 4 is 0 Å². The van der Waals surface area contributed by atoms with Crippen molar-refractivity contribution in [3.63, 3.8) is 0 Å². The van der Waals surface area contributed by atoms with Crippen LogP contribution in [0.25, 0.3) is 0 Å². The van der Waals surface area contributed by atoms with Crippen molar-refractivity contribution in [1.82, 2.24) is 0 Å². The molecule has 1 N–H and O–H groups in total. The largest absolute Gasteiger partial charge is 0.508 e. The molecule has 3 aromatic carbocycles. The van der Waals surface area contributed by atoms with Crippen molar-refractivity contribution in [2.24, 2.45) is 0 Å². The molecule has 0 amide bonds. The van der Waals surface area contributed by atoms with Crippen molar-refractivity contribution < 1.29 is 5.11 Å². The van der Waals surface area contributed by atoms with Crippen molar-refractivity contribution in [1.29, 1.82) is 0 Å². The van der Waals surface area contributed by atoms with E-state index in [1.54, 1.807) is 12.1 Å². The Bertz CT molecular complexity index is 701. The van der Waals surface area contributed by atoms with E-state index in [0.29, 0.717) is 23.5 Å². The van der Waals surface area contributed by atoms with Gasteiger partial charge < -0.3 is 5.11 Å². The standard InChI is InChI=1S/C21H18O/c22-18-13-11-17(12-14-18)21-19(15-7-3-1-4-8-15)20(21)16-9-5-2-6-10-16/h1-14,19-22H/t19-,20-/m1/s1. The average Bonchev–Trinajstić information content (AvgIpc) is 3.33. The lowest BCUT2D eigenvalue weighted by Crippen LogP contribution is -1.83. The second-order valence-corrected chi connectivity index (χ2v) is 5.99. The van der Waals surface area contributed by atoms with Crippen LogP contribution in [0.5, 0.6) is 5.75 Å². The van der Waals surface area contributed by atoms with Crippen LogP contribution in [0.3, 0.4) is 0 Å². The van der Waals surface area contributed by atoms with Crippen molar-refractivity contribution in [2.45, 2.75) is 17.8 Å². The van der Waals surface area contributed by atoms with Crippen molar-refractivity contribution in [3.05, 3.63) is 102 Å². The van der Waals surface area contributed by atoms with E-state index < -0.39 is 0 Å². The number of rotatable bonds is 3. The maximum atomic E-state index is 9.52. The minimum absolute atomic E-state index is 0.330. The second kappa shape index (κ2) is 5.34. The first-order valence-electron chi connectivity index (χ1n) is 7.73. The Kier molecular flexibility index (Phi) is 3.19. The SMILES string of the molecule is Oc1ccc(C2[C@H](c3ccccc3)[C@H]2c2ccccc2)cc1. The number of hydrogen-bond acceptors (Lipinski definition) is 1. The minimum Gasteiger partial charge on any atom is -0.508 e. The maximum absolute atomic E-state index is 9.52. The van der Waals surface area contributed by atoms with Gasteiger partial charge in [0.25, 0.3) is 0 Å². The van der Waals surface area contributed by atoms with Gasteiger partial charge in [-0.1, -0.05) is 72.8 Å². The lowest BCUT2D eigenvalue weighted by Gasteiger charge is -2.01. The quantitative estimate of drug-likeness (QED) is 0.713. The van der Waals surface area contributed by atoms with Crippen LogP contribution in [-0.2, 0) is 0 Å². The third-order valence-corrected chi connectivity index (χ3v) is 4.67. The zero-order chi connectivity index (χ0) is 14.9. The van der Waals surface area contributed by atoms with Gasteiger partial charge in [-0.3, -0.25) is 0 Å². The monoisotopic (exact) mass is 286 g/mol. The Hall–Kier alpha value is -2.54. The summed E-state index contributed by atoms with van der Waals surface area (Å²) < 4.78 is 0. The summed E-state index contributed by atoms with van der Waals surface area (Å²) in [6.45, 7) is 0. The highest BCUT2D eigenvalue weighted by molar-refractivity contribution is 5.48. The highest BCUT2D eigenvalue weighted by Gasteiger charge is 2.52. The van der Waals surface area contributed by atoms with Gasteiger partial charge in [-0.15, -0.1) is 0 Å². The number of phenolic OH excluding ortho intramolecular Hbond substituents is 1. The lowest BCUT2D eigenvalue weighted by atomic mass is 10.0. The molecule has 1 aliphatic rings. The van der Waals surface area contributed by atoms with E-state index in [0.717, 1.165) is 0 Å². The minimum atomic E-state index is 0.330. The summed E-state index contributed by atoms with van der Waals surface area (Å²) in [5, 5.41) is 9.52. The molecule has 1 nitrogen and oxygen atoms in total. The highest BCUT2D eigenvalue weighted by Crippen LogP contribution is 2.66. The second-order valence-electron chi connectivity index (χ2n) is 5.99. The molecule has 0 unspecified atom stereocenters. The van der Waals surface area contributed by atoms with Crippen LogP contribution < -0.4 is 0 Å². The summed E-state index contributed by atoms with van der Waals surface area (Å²) in [5.41, 5.74) is 4.10. The fourth-order valence-electron chi connectivity index (χ4n) is 3.60. The van der Waals surface area contributed by atoms with Crippen molar-refractivity contribution in [2.75, 3.05) is 0 Å². The molecule has 1 fully saturated rings. The topological polar surface area (TPSA) is 20.2 Å². The zero-order valence-electron chi connectivity index (χ0n) is 12.3. The van der Waals surface area contributed by atoms with Gasteiger partial charge in [0.15, 0.2) is 0 Å². The number of phenols is 1. The summed E-state index contributed by atoms with van der Waals surface area (Å²) >= 11 is 0. The maximum Gasteiger partial charge on any atom is 0.115 e. The molecule has 0 bridgehead atoms. The first kappa shape index (κ1) is 13.1. The molecular weight excluding hydrogens is 268 g/mol. The Morgan fingerprint density at radius 2 is 0.818 bits per heavy atom. The van der Waals surface area contributed by atoms with E-state index in [-0.39, 0.29) is 0 Å². The van der Waals surface area contributed by atoms with Crippen LogP contribution in [-0.4, -0.2) is 5.11 Å². The molecule has 0 heterocycles. The Balaban J connectivity index is 1.73. The lowest BCUT2D eigenvalue weighted by molar-refractivity contribution is 0.475. The highest BCUT2D eigenvalue weighted by atomic mass is 16.3. The Morgan fingerprint density at radius 1 is 0.455 bits per heavy atom. The van der Waals surface area contributed by atoms with Crippen molar-refractivity contribution in [3.8, 4) is 5.75 Å². The molecular formula is C21H18O. The molecule has 0 aromatic heterocycles. The molecule has 1 aliphatic carbocycles. The van der Waals surface area contributed by atoms with Crippen LogP contribution in [0.1, 0.15) is 34.4 Å². The summed E-state index contributed by atoms with van der Waals surface area (Å²) in [4.78, 5) is 0. The van der Waals surface area contributed by atoms with Crippen LogP contribution in [0.4, 0.5) is 0 Å². The molecule has 108 valence electrons. The zero-order valence-corrected chi connectivity index (χ0v) is 12.3. The van der Waals surface area contributed by atoms with E-state index in [1.807, 2.05) is 0 Å². The number of hydrogen-bond donors (Lipinski definition) is 1. The molecule has 0 radical (unpaired) electrons. The molecule has 0 spiro atoms. The van der Waals surface area contributed by atoms with E-state index in [1.165, 1.54) is 16.7 Å². The van der Waals surface area contributed by atoms with Crippen LogP contribution in [0.2, 0.25) is 0 Å². The predicted octanol–water partition coefficient (Wildman–Crippen LogP) is 5.06. The smallest absolute Gasteiger partial charge is 0.115 e. The Labute approximate surface area is 130 Å². The third kappa shape index (κ3) is 2.29. The van der Waals surface area contributed by atoms with E-state index in [9.17, 15) is 5.11 Å². The van der Waals surface area contributed by atoms with E-state index in [4.69, 9.17) is 0 Å². The van der Waals surface area contributed by atoms with Gasteiger partial charge in [-0.2, -0.15) is 0 Å². The fraction of sp³-hybridized carbons (Fsp3) is 0.143. The predicted molar refractivity (Wildman–Crippen MR) is 89.2 cm³/mol. The molecule has 0 aliphatic heterocycles. The summed E-state index contributed by atoms with van der Waals surface area (Å²) in [6, 6.07) is 29.2. The van der Waals surface area contributed by atoms with Gasteiger partial charge in [0.2, 0.25) is 0 Å². The summed E-state index contributed by atoms with van der Waals surface area (Å²) in [5.74, 6) is 1.86. The van der Waals surface area contributed by atoms with Gasteiger partial charge in [0, 0.05) is 0 Å². The third-order valence-electron chi connectivity index (χ3n) is 4.67. The van der Waals surface area contributed by atoms with Gasteiger partial charge >= 0.3 is 0 Å². The van der Waals surface area contributed by atoms with Crippen LogP contribution >= 0.6 is 0 Å². The molecule has 4 rings (SSSR count). The average molecular weight is 286 g/mol. The van der Waals surface area contributed by atoms with E-state index in [2.05, 4.69) is 72.8 Å². The molecule has 1 saturated carbocycles. The fourth-order valence-corrected chi connectivity index (χ4v) is 3.60. The molecule has 3 aromatic rings. The molecule has 2 atom stereocenters. The normalized spacial score (nSPS) is 23.2. The summed E-state index contributed by atoms with van der Waals surface area (Å²) in [6.07, 6.45) is 0. The Morgan fingerprint density at radius 3 is 1.23 bits per heavy atom. The van der Waals surface area contributed by atoms with Gasteiger partial charge in [-0.25, -0.2) is 0 Å². The first-order chi connectivity index (χ1) is 10.8. The number of benzene rings is 3. The summed E-state index contributed by atoms with van der Waals surface area (Å²) in [7, 11) is 0. The molecule has 22 heavy (non-hydrogen) atoms. The van der Waals surface area contributed by atoms with Gasteiger partial charge in [-0.05, 0) is 46.6 Å². The van der Waals surface area contributed by atoms with Gasteiger partial charge in [0.05, 0.1) is 0 Å². The molecule has 1 heteroatoms. The first-order valence-corrected chi connectivity index (χ1v) is 7.73.